The molecular weight excluding hydrogens is 619 g/mol. The van der Waals surface area contributed by atoms with E-state index in [9.17, 15) is 13.2 Å². The number of rotatable bonds is 8. The first-order valence-electron chi connectivity index (χ1n) is 14.7. The molecule has 0 radical (unpaired) electrons. The minimum absolute atomic E-state index is 0.00629. The van der Waals surface area contributed by atoms with Gasteiger partial charge in [0.2, 0.25) is 10.0 Å². The van der Waals surface area contributed by atoms with Gasteiger partial charge in [-0.15, -0.1) is 0 Å². The lowest BCUT2D eigenvalue weighted by atomic mass is 10.0. The third-order valence-electron chi connectivity index (χ3n) is 8.26. The van der Waals surface area contributed by atoms with Crippen LogP contribution in [0, 0.1) is 0 Å². The number of nitrogens with zero attached hydrogens (tertiary/aromatic N) is 5. The van der Waals surface area contributed by atoms with Crippen LogP contribution in [0.2, 0.25) is 10.0 Å². The number of nitrogens with one attached hydrogen (secondary N) is 1. The molecule has 0 saturated carbocycles. The lowest BCUT2D eigenvalue weighted by Gasteiger charge is -2.37. The molecule has 6 rings (SSSR count). The van der Waals surface area contributed by atoms with Gasteiger partial charge in [-0.25, -0.2) is 8.42 Å². The molecular formula is C32H34Cl2N6O3S. The minimum Gasteiger partial charge on any atom is -0.376 e. The van der Waals surface area contributed by atoms with Crippen LogP contribution in [-0.4, -0.2) is 72.7 Å². The Morgan fingerprint density at radius 3 is 2.16 bits per heavy atom. The lowest BCUT2D eigenvalue weighted by Crippen LogP contribution is -2.49. The summed E-state index contributed by atoms with van der Waals surface area (Å²) in [5, 5.41) is 8.32. The monoisotopic (exact) mass is 652 g/mol. The van der Waals surface area contributed by atoms with E-state index < -0.39 is 10.0 Å². The van der Waals surface area contributed by atoms with E-state index in [1.54, 1.807) is 18.3 Å². The zero-order chi connectivity index (χ0) is 30.7. The van der Waals surface area contributed by atoms with Crippen LogP contribution in [0.25, 0.3) is 5.69 Å². The van der Waals surface area contributed by atoms with Crippen molar-refractivity contribution in [3.63, 3.8) is 0 Å². The van der Waals surface area contributed by atoms with E-state index in [2.05, 4.69) is 39.6 Å². The zero-order valence-electron chi connectivity index (χ0n) is 24.1. The molecule has 0 amide bonds. The molecule has 9 nitrogen and oxygen atoms in total. The molecule has 4 aromatic rings. The third-order valence-corrected chi connectivity index (χ3v) is 11.1. The number of sulfonamides is 1. The number of anilines is 2. The Morgan fingerprint density at radius 2 is 1.48 bits per heavy atom. The van der Waals surface area contributed by atoms with Crippen molar-refractivity contribution in [2.24, 2.45) is 0 Å². The molecule has 3 aromatic carbocycles. The van der Waals surface area contributed by atoms with Gasteiger partial charge < -0.3 is 10.2 Å². The van der Waals surface area contributed by atoms with Crippen molar-refractivity contribution >= 4 is 44.6 Å². The second-order valence-electron chi connectivity index (χ2n) is 11.1. The number of piperidine rings is 1. The predicted molar refractivity (Wildman–Crippen MR) is 176 cm³/mol. The van der Waals surface area contributed by atoms with Crippen molar-refractivity contribution in [1.82, 2.24) is 19.0 Å². The van der Waals surface area contributed by atoms with E-state index in [0.29, 0.717) is 30.2 Å². The highest BCUT2D eigenvalue weighted by Gasteiger charge is 2.32. The van der Waals surface area contributed by atoms with Gasteiger partial charge in [-0.05, 0) is 42.7 Å². The number of benzene rings is 3. The molecule has 0 spiro atoms. The normalized spacial score (nSPS) is 17.1. The van der Waals surface area contributed by atoms with Crippen molar-refractivity contribution in [1.29, 1.82) is 0 Å². The molecule has 2 aliphatic heterocycles. The maximum atomic E-state index is 14.0. The van der Waals surface area contributed by atoms with Gasteiger partial charge in [-0.1, -0.05) is 77.8 Å². The summed E-state index contributed by atoms with van der Waals surface area (Å²) in [6, 6.07) is 24.5. The number of likely N-dealkylation sites (tertiary alicyclic amines) is 1. The van der Waals surface area contributed by atoms with Gasteiger partial charge in [-0.2, -0.15) is 14.1 Å². The highest BCUT2D eigenvalue weighted by Crippen LogP contribution is 2.32. The highest BCUT2D eigenvalue weighted by molar-refractivity contribution is 7.89. The van der Waals surface area contributed by atoms with Crippen molar-refractivity contribution < 1.29 is 8.42 Å². The smallest absolute Gasteiger partial charge is 0.296 e. The second-order valence-corrected chi connectivity index (χ2v) is 13.8. The summed E-state index contributed by atoms with van der Waals surface area (Å²) >= 11 is 12.4. The Bertz CT molecular complexity index is 1760. The molecule has 0 unspecified atom stereocenters. The Balaban J connectivity index is 1.21. The average molecular weight is 654 g/mol. The fraction of sp³-hybridized carbons (Fsp3) is 0.312. The lowest BCUT2D eigenvalue weighted by molar-refractivity contribution is 0.211. The zero-order valence-corrected chi connectivity index (χ0v) is 26.5. The molecule has 1 N–H and O–H groups in total. The minimum atomic E-state index is -3.84. The Labute approximate surface area is 267 Å². The van der Waals surface area contributed by atoms with E-state index >= 15 is 0 Å². The molecule has 44 heavy (non-hydrogen) atoms. The van der Waals surface area contributed by atoms with Gasteiger partial charge >= 0.3 is 0 Å². The largest absolute Gasteiger partial charge is 0.376 e. The summed E-state index contributed by atoms with van der Waals surface area (Å²) in [5.41, 5.74) is 2.89. The van der Waals surface area contributed by atoms with E-state index in [1.807, 2.05) is 41.3 Å². The maximum Gasteiger partial charge on any atom is 0.296 e. The van der Waals surface area contributed by atoms with Crippen LogP contribution in [0.4, 0.5) is 11.4 Å². The predicted octanol–water partition coefficient (Wildman–Crippen LogP) is 5.13. The Hall–Kier alpha value is -3.41. The van der Waals surface area contributed by atoms with Crippen LogP contribution in [0.5, 0.6) is 0 Å². The van der Waals surface area contributed by atoms with Crippen LogP contribution in [0.3, 0.4) is 0 Å². The van der Waals surface area contributed by atoms with E-state index in [1.165, 1.54) is 20.6 Å². The molecule has 2 aliphatic rings. The van der Waals surface area contributed by atoms with Gasteiger partial charge in [-0.3, -0.25) is 9.69 Å². The molecule has 2 saturated heterocycles. The van der Waals surface area contributed by atoms with E-state index in [-0.39, 0.29) is 39.6 Å². The van der Waals surface area contributed by atoms with Crippen molar-refractivity contribution in [2.45, 2.75) is 30.3 Å². The maximum absolute atomic E-state index is 14.0. The summed E-state index contributed by atoms with van der Waals surface area (Å²) in [7, 11) is -3.84. The van der Waals surface area contributed by atoms with E-state index in [4.69, 9.17) is 23.2 Å². The van der Waals surface area contributed by atoms with Gasteiger partial charge in [0.15, 0.2) is 0 Å². The van der Waals surface area contributed by atoms with Gasteiger partial charge in [0.05, 0.1) is 27.6 Å². The standard InChI is InChI=1S/C32H34Cl2N6O3S/c33-27-12-7-13-29(30(27)34)44(42,43)39-20-18-38(19-21-39)28-22-35-40(26-10-5-2-6-11-26)32(41)31(28)36-25-14-16-37(17-15-25)23-24-8-3-1-4-9-24/h1-13,22,25,36H,14-21,23H2. The van der Waals surface area contributed by atoms with Crippen LogP contribution in [0.15, 0.2) is 94.7 Å². The first-order valence-corrected chi connectivity index (χ1v) is 16.9. The Morgan fingerprint density at radius 1 is 0.818 bits per heavy atom. The second kappa shape index (κ2) is 13.3. The topological polar surface area (TPSA) is 90.8 Å². The van der Waals surface area contributed by atoms with Crippen LogP contribution >= 0.6 is 23.2 Å². The number of piperazine rings is 1. The summed E-state index contributed by atoms with van der Waals surface area (Å²) in [6.45, 7) is 3.97. The van der Waals surface area contributed by atoms with Crippen LogP contribution < -0.4 is 15.8 Å². The number of halogens is 2. The first kappa shape index (κ1) is 30.6. The summed E-state index contributed by atoms with van der Waals surface area (Å²) in [4.78, 5) is 18.4. The quantitative estimate of drug-likeness (QED) is 0.282. The van der Waals surface area contributed by atoms with Crippen LogP contribution in [0.1, 0.15) is 18.4 Å². The van der Waals surface area contributed by atoms with Crippen LogP contribution in [-0.2, 0) is 16.6 Å². The molecule has 2 fully saturated rings. The molecule has 12 heteroatoms. The Kier molecular flexibility index (Phi) is 9.25. The molecule has 1 aromatic heterocycles. The fourth-order valence-electron chi connectivity index (χ4n) is 5.85. The molecule has 0 aliphatic carbocycles. The molecule has 230 valence electrons. The summed E-state index contributed by atoms with van der Waals surface area (Å²) in [6.07, 6.45) is 3.50. The fourth-order valence-corrected chi connectivity index (χ4v) is 8.00. The average Bonchev–Trinajstić information content (AvgIpc) is 3.05. The van der Waals surface area contributed by atoms with E-state index in [0.717, 1.165) is 32.5 Å². The van der Waals surface area contributed by atoms with Crippen molar-refractivity contribution in [3.8, 4) is 5.69 Å². The molecule has 0 bridgehead atoms. The third kappa shape index (κ3) is 6.50. The van der Waals surface area contributed by atoms with Crippen molar-refractivity contribution in [3.05, 3.63) is 111 Å². The molecule has 0 atom stereocenters. The van der Waals surface area contributed by atoms with Gasteiger partial charge in [0.25, 0.3) is 5.56 Å². The highest BCUT2D eigenvalue weighted by atomic mass is 35.5. The van der Waals surface area contributed by atoms with Gasteiger partial charge in [0.1, 0.15) is 10.6 Å². The van der Waals surface area contributed by atoms with Crippen molar-refractivity contribution in [2.75, 3.05) is 49.5 Å². The summed E-state index contributed by atoms with van der Waals surface area (Å²) in [5.74, 6) is 0. The number of aromatic nitrogens is 2. The number of hydrogen-bond donors (Lipinski definition) is 1. The number of para-hydroxylation sites is 1. The SMILES string of the molecule is O=c1c(NC2CCN(Cc3ccccc3)CC2)c(N2CCN(S(=O)(=O)c3cccc(Cl)c3Cl)CC2)cnn1-c1ccccc1. The summed E-state index contributed by atoms with van der Waals surface area (Å²) < 4.78 is 29.7. The number of hydrogen-bond acceptors (Lipinski definition) is 7. The first-order chi connectivity index (χ1) is 21.3. The van der Waals surface area contributed by atoms with Gasteiger partial charge in [0, 0.05) is 51.9 Å². The molecule has 3 heterocycles.